The van der Waals surface area contributed by atoms with Crippen LogP contribution < -0.4 is 5.32 Å². The fourth-order valence-electron chi connectivity index (χ4n) is 2.72. The molecule has 100 valence electrons. The van der Waals surface area contributed by atoms with Crippen molar-refractivity contribution in [2.75, 3.05) is 11.9 Å². The molecule has 18 heavy (non-hydrogen) atoms. The normalized spacial score (nSPS) is 30.9. The van der Waals surface area contributed by atoms with E-state index in [0.717, 1.165) is 23.9 Å². The highest BCUT2D eigenvalue weighted by molar-refractivity contribution is 9.10. The Hall–Kier alpha value is -0.540. The number of benzene rings is 1. The van der Waals surface area contributed by atoms with Gasteiger partial charge in [0.05, 0.1) is 6.10 Å². The van der Waals surface area contributed by atoms with E-state index in [2.05, 4.69) is 66.3 Å². The van der Waals surface area contributed by atoms with E-state index < -0.39 is 0 Å². The van der Waals surface area contributed by atoms with Gasteiger partial charge in [0.25, 0.3) is 0 Å². The van der Waals surface area contributed by atoms with Crippen molar-refractivity contribution in [2.45, 2.75) is 45.8 Å². The third kappa shape index (κ3) is 2.57. The summed E-state index contributed by atoms with van der Waals surface area (Å²) >= 11 is 3.46. The molecule has 1 aromatic rings. The number of halogens is 1. The van der Waals surface area contributed by atoms with Crippen LogP contribution in [0.4, 0.5) is 5.69 Å². The molecule has 2 rings (SSSR count). The Kier molecular flexibility index (Phi) is 4.33. The molecule has 0 amide bonds. The lowest BCUT2D eigenvalue weighted by Crippen LogP contribution is -2.59. The molecule has 0 heterocycles. The Morgan fingerprint density at radius 3 is 2.56 bits per heavy atom. The van der Waals surface area contributed by atoms with Crippen LogP contribution in [0.1, 0.15) is 33.6 Å². The van der Waals surface area contributed by atoms with E-state index in [4.69, 9.17) is 4.74 Å². The Morgan fingerprint density at radius 1 is 1.33 bits per heavy atom. The van der Waals surface area contributed by atoms with Gasteiger partial charge in [0, 0.05) is 28.2 Å². The van der Waals surface area contributed by atoms with Gasteiger partial charge in [-0.15, -0.1) is 0 Å². The zero-order valence-electron chi connectivity index (χ0n) is 11.4. The Morgan fingerprint density at radius 2 is 2.00 bits per heavy atom. The van der Waals surface area contributed by atoms with Gasteiger partial charge in [-0.05, 0) is 44.0 Å². The molecule has 3 unspecified atom stereocenters. The van der Waals surface area contributed by atoms with Crippen molar-refractivity contribution in [3.05, 3.63) is 28.7 Å². The minimum absolute atomic E-state index is 0.253. The van der Waals surface area contributed by atoms with Gasteiger partial charge in [-0.3, -0.25) is 0 Å². The van der Waals surface area contributed by atoms with Gasteiger partial charge in [-0.2, -0.15) is 0 Å². The van der Waals surface area contributed by atoms with Crippen LogP contribution in [0, 0.1) is 5.41 Å². The molecular weight excluding hydrogens is 290 g/mol. The summed E-state index contributed by atoms with van der Waals surface area (Å²) in [4.78, 5) is 0. The lowest BCUT2D eigenvalue weighted by Gasteiger charge is -2.54. The first-order valence-electron chi connectivity index (χ1n) is 6.74. The topological polar surface area (TPSA) is 21.3 Å². The standard InChI is InChI=1S/C15H22BrNO/c1-4-15(3)13(10-14(15)18-5-2)17-12-8-6-11(16)7-9-12/h6-9,13-14,17H,4-5,10H2,1-3H3. The van der Waals surface area contributed by atoms with Gasteiger partial charge in [-0.1, -0.05) is 29.8 Å². The Balaban J connectivity index is 2.00. The zero-order valence-corrected chi connectivity index (χ0v) is 13.0. The minimum atomic E-state index is 0.253. The van der Waals surface area contributed by atoms with Crippen LogP contribution in [0.3, 0.4) is 0 Å². The summed E-state index contributed by atoms with van der Waals surface area (Å²) in [6, 6.07) is 8.90. The van der Waals surface area contributed by atoms with E-state index in [9.17, 15) is 0 Å². The lowest BCUT2D eigenvalue weighted by molar-refractivity contribution is -0.109. The molecule has 2 nitrogen and oxygen atoms in total. The van der Waals surface area contributed by atoms with Crippen molar-refractivity contribution in [2.24, 2.45) is 5.41 Å². The van der Waals surface area contributed by atoms with Crippen molar-refractivity contribution in [3.8, 4) is 0 Å². The molecule has 3 heteroatoms. The highest BCUT2D eigenvalue weighted by Gasteiger charge is 2.51. The maximum absolute atomic E-state index is 5.82. The summed E-state index contributed by atoms with van der Waals surface area (Å²) in [5.41, 5.74) is 1.45. The van der Waals surface area contributed by atoms with Crippen molar-refractivity contribution < 1.29 is 4.74 Å². The second-order valence-corrected chi connectivity index (χ2v) is 6.16. The summed E-state index contributed by atoms with van der Waals surface area (Å²) in [6.45, 7) is 7.46. The smallest absolute Gasteiger partial charge is 0.0667 e. The molecule has 1 fully saturated rings. The number of rotatable bonds is 5. The quantitative estimate of drug-likeness (QED) is 0.867. The van der Waals surface area contributed by atoms with Crippen molar-refractivity contribution >= 4 is 21.6 Å². The van der Waals surface area contributed by atoms with Gasteiger partial charge in [0.15, 0.2) is 0 Å². The van der Waals surface area contributed by atoms with Crippen molar-refractivity contribution in [1.82, 2.24) is 0 Å². The molecule has 0 spiro atoms. The van der Waals surface area contributed by atoms with Gasteiger partial charge < -0.3 is 10.1 Å². The first-order valence-corrected chi connectivity index (χ1v) is 7.53. The monoisotopic (exact) mass is 311 g/mol. The Labute approximate surface area is 118 Å². The predicted molar refractivity (Wildman–Crippen MR) is 80.0 cm³/mol. The first kappa shape index (κ1) is 13.9. The van der Waals surface area contributed by atoms with E-state index in [0.29, 0.717) is 12.1 Å². The molecule has 1 saturated carbocycles. The molecule has 1 aromatic carbocycles. The number of hydrogen-bond acceptors (Lipinski definition) is 2. The number of ether oxygens (including phenoxy) is 1. The average Bonchev–Trinajstić information content (AvgIpc) is 2.39. The molecule has 1 aliphatic carbocycles. The third-order valence-electron chi connectivity index (χ3n) is 4.30. The SMILES string of the molecule is CCOC1CC(Nc2ccc(Br)cc2)C1(C)CC. The largest absolute Gasteiger partial charge is 0.382 e. The van der Waals surface area contributed by atoms with Gasteiger partial charge in [-0.25, -0.2) is 0 Å². The number of anilines is 1. The van der Waals surface area contributed by atoms with Crippen LogP contribution >= 0.6 is 15.9 Å². The van der Waals surface area contributed by atoms with Gasteiger partial charge in [0.1, 0.15) is 0 Å². The molecule has 0 aliphatic heterocycles. The predicted octanol–water partition coefficient (Wildman–Crippen LogP) is 4.45. The van der Waals surface area contributed by atoms with Gasteiger partial charge >= 0.3 is 0 Å². The molecule has 0 saturated heterocycles. The zero-order chi connectivity index (χ0) is 13.2. The lowest BCUT2D eigenvalue weighted by atomic mass is 9.61. The van der Waals surface area contributed by atoms with Crippen molar-refractivity contribution in [3.63, 3.8) is 0 Å². The van der Waals surface area contributed by atoms with E-state index in [1.54, 1.807) is 0 Å². The van der Waals surface area contributed by atoms with E-state index in [1.807, 2.05) is 0 Å². The fraction of sp³-hybridized carbons (Fsp3) is 0.600. The average molecular weight is 312 g/mol. The van der Waals surface area contributed by atoms with Crippen LogP contribution in [0.25, 0.3) is 0 Å². The fourth-order valence-corrected chi connectivity index (χ4v) is 2.99. The third-order valence-corrected chi connectivity index (χ3v) is 4.82. The molecule has 1 N–H and O–H groups in total. The number of hydrogen-bond donors (Lipinski definition) is 1. The van der Waals surface area contributed by atoms with E-state index >= 15 is 0 Å². The maximum Gasteiger partial charge on any atom is 0.0667 e. The van der Waals surface area contributed by atoms with Gasteiger partial charge in [0.2, 0.25) is 0 Å². The number of nitrogens with one attached hydrogen (secondary N) is 1. The minimum Gasteiger partial charge on any atom is -0.382 e. The van der Waals surface area contributed by atoms with E-state index in [-0.39, 0.29) is 5.41 Å². The van der Waals surface area contributed by atoms with Crippen LogP contribution in [-0.4, -0.2) is 18.8 Å². The highest BCUT2D eigenvalue weighted by Crippen LogP contribution is 2.47. The second kappa shape index (κ2) is 5.62. The molecule has 0 radical (unpaired) electrons. The Bertz CT molecular complexity index is 392. The second-order valence-electron chi connectivity index (χ2n) is 5.24. The maximum atomic E-state index is 5.82. The molecular formula is C15H22BrNO. The highest BCUT2D eigenvalue weighted by atomic mass is 79.9. The molecule has 0 bridgehead atoms. The first-order chi connectivity index (χ1) is 8.60. The molecule has 3 atom stereocenters. The summed E-state index contributed by atoms with van der Waals surface area (Å²) in [5.74, 6) is 0. The van der Waals surface area contributed by atoms with Crippen LogP contribution in [0.15, 0.2) is 28.7 Å². The molecule has 1 aliphatic rings. The molecule has 0 aromatic heterocycles. The van der Waals surface area contributed by atoms with Crippen LogP contribution in [0.5, 0.6) is 0 Å². The van der Waals surface area contributed by atoms with E-state index in [1.165, 1.54) is 5.69 Å². The van der Waals surface area contributed by atoms with Crippen molar-refractivity contribution in [1.29, 1.82) is 0 Å². The van der Waals surface area contributed by atoms with Crippen LogP contribution in [-0.2, 0) is 4.74 Å². The van der Waals surface area contributed by atoms with Crippen LogP contribution in [0.2, 0.25) is 0 Å². The summed E-state index contributed by atoms with van der Waals surface area (Å²) < 4.78 is 6.94. The summed E-state index contributed by atoms with van der Waals surface area (Å²) in [6.07, 6.45) is 2.65. The summed E-state index contributed by atoms with van der Waals surface area (Å²) in [5, 5.41) is 3.63. The summed E-state index contributed by atoms with van der Waals surface area (Å²) in [7, 11) is 0.